The van der Waals surface area contributed by atoms with Crippen molar-refractivity contribution in [2.45, 2.75) is 58.7 Å². The van der Waals surface area contributed by atoms with Crippen LogP contribution < -0.4 is 5.32 Å². The highest BCUT2D eigenvalue weighted by Gasteiger charge is 2.23. The van der Waals surface area contributed by atoms with Gasteiger partial charge in [0.25, 0.3) is 0 Å². The van der Waals surface area contributed by atoms with E-state index in [0.717, 1.165) is 23.9 Å². The van der Waals surface area contributed by atoms with E-state index >= 15 is 0 Å². The van der Waals surface area contributed by atoms with Crippen molar-refractivity contribution in [3.63, 3.8) is 0 Å². The van der Waals surface area contributed by atoms with E-state index < -0.39 is 0 Å². The molecule has 19 heavy (non-hydrogen) atoms. The maximum Gasteiger partial charge on any atom is 0.0681 e. The first kappa shape index (κ1) is 14.5. The lowest BCUT2D eigenvalue weighted by molar-refractivity contribution is 0.230. The largest absolute Gasteiger partial charge is 0.392 e. The number of aliphatic hydroxyl groups excluding tert-OH is 1. The molecule has 0 aliphatic heterocycles. The molecule has 1 aliphatic carbocycles. The van der Waals surface area contributed by atoms with Gasteiger partial charge >= 0.3 is 0 Å². The van der Waals surface area contributed by atoms with E-state index in [4.69, 9.17) is 5.11 Å². The van der Waals surface area contributed by atoms with Crippen LogP contribution in [0, 0.1) is 11.8 Å². The molecule has 0 spiro atoms. The molecule has 0 saturated heterocycles. The fraction of sp³-hybridized carbons (Fsp3) is 0.647. The van der Waals surface area contributed by atoms with Crippen LogP contribution in [0.3, 0.4) is 0 Å². The second-order valence-electron chi connectivity index (χ2n) is 6.23. The van der Waals surface area contributed by atoms with Crippen molar-refractivity contribution in [3.05, 3.63) is 35.4 Å². The van der Waals surface area contributed by atoms with E-state index in [1.54, 1.807) is 0 Å². The predicted octanol–water partition coefficient (Wildman–Crippen LogP) is 3.48. The number of nitrogens with one attached hydrogen (secondary N) is 1. The fourth-order valence-electron chi connectivity index (χ4n) is 3.12. The second kappa shape index (κ2) is 7.06. The lowest BCUT2D eigenvalue weighted by atomic mass is 9.79. The number of benzene rings is 1. The quantitative estimate of drug-likeness (QED) is 0.850. The molecular formula is C17H27NO. The Labute approximate surface area is 117 Å². The molecule has 2 unspecified atom stereocenters. The minimum Gasteiger partial charge on any atom is -0.392 e. The zero-order valence-electron chi connectivity index (χ0n) is 12.2. The molecule has 2 N–H and O–H groups in total. The Morgan fingerprint density at radius 3 is 2.79 bits per heavy atom. The summed E-state index contributed by atoms with van der Waals surface area (Å²) in [4.78, 5) is 0. The van der Waals surface area contributed by atoms with Gasteiger partial charge in [-0.05, 0) is 35.8 Å². The van der Waals surface area contributed by atoms with E-state index in [-0.39, 0.29) is 6.61 Å². The Balaban J connectivity index is 1.84. The summed E-state index contributed by atoms with van der Waals surface area (Å²) in [5.41, 5.74) is 2.28. The molecule has 1 aliphatic rings. The van der Waals surface area contributed by atoms with Crippen molar-refractivity contribution in [2.75, 3.05) is 0 Å². The molecule has 0 aromatic heterocycles. The molecule has 2 atom stereocenters. The summed E-state index contributed by atoms with van der Waals surface area (Å²) in [7, 11) is 0. The number of hydrogen-bond donors (Lipinski definition) is 2. The summed E-state index contributed by atoms with van der Waals surface area (Å²) in [5, 5.41) is 12.8. The van der Waals surface area contributed by atoms with Gasteiger partial charge in [-0.2, -0.15) is 0 Å². The van der Waals surface area contributed by atoms with E-state index in [9.17, 15) is 0 Å². The Morgan fingerprint density at radius 1 is 1.26 bits per heavy atom. The average molecular weight is 261 g/mol. The zero-order chi connectivity index (χ0) is 13.7. The average Bonchev–Trinajstić information content (AvgIpc) is 2.45. The fourth-order valence-corrected chi connectivity index (χ4v) is 3.12. The van der Waals surface area contributed by atoms with E-state index in [0.29, 0.717) is 6.04 Å². The van der Waals surface area contributed by atoms with E-state index in [1.165, 1.54) is 31.2 Å². The monoisotopic (exact) mass is 261 g/mol. The normalized spacial score (nSPS) is 23.8. The first-order valence-corrected chi connectivity index (χ1v) is 7.61. The standard InChI is InChI=1S/C17H27NO/c1-13(2)16-7-4-8-17(10-16)18-11-14-5-3-6-15(9-14)12-19/h3,5-6,9,13,16-19H,4,7-8,10-12H2,1-2H3. The number of aliphatic hydroxyl groups is 1. The summed E-state index contributed by atoms with van der Waals surface area (Å²) < 4.78 is 0. The van der Waals surface area contributed by atoms with Crippen molar-refractivity contribution < 1.29 is 5.11 Å². The van der Waals surface area contributed by atoms with Crippen LogP contribution in [-0.2, 0) is 13.2 Å². The Morgan fingerprint density at radius 2 is 2.05 bits per heavy atom. The van der Waals surface area contributed by atoms with Crippen LogP contribution in [0.15, 0.2) is 24.3 Å². The molecule has 1 aromatic rings. The van der Waals surface area contributed by atoms with Crippen LogP contribution in [0.25, 0.3) is 0 Å². The van der Waals surface area contributed by atoms with Crippen molar-refractivity contribution in [1.29, 1.82) is 0 Å². The van der Waals surface area contributed by atoms with Crippen LogP contribution in [0.4, 0.5) is 0 Å². The van der Waals surface area contributed by atoms with Crippen molar-refractivity contribution in [3.8, 4) is 0 Å². The van der Waals surface area contributed by atoms with E-state index in [1.807, 2.05) is 12.1 Å². The predicted molar refractivity (Wildman–Crippen MR) is 79.8 cm³/mol. The van der Waals surface area contributed by atoms with Gasteiger partial charge in [0.2, 0.25) is 0 Å². The molecule has 0 bridgehead atoms. The van der Waals surface area contributed by atoms with Gasteiger partial charge in [-0.25, -0.2) is 0 Å². The first-order chi connectivity index (χ1) is 9.19. The van der Waals surface area contributed by atoms with Crippen molar-refractivity contribution in [1.82, 2.24) is 5.32 Å². The van der Waals surface area contributed by atoms with Gasteiger partial charge < -0.3 is 10.4 Å². The Hall–Kier alpha value is -0.860. The molecule has 1 saturated carbocycles. The molecule has 0 radical (unpaired) electrons. The Kier molecular flexibility index (Phi) is 5.41. The lowest BCUT2D eigenvalue weighted by Crippen LogP contribution is -2.35. The third kappa shape index (κ3) is 4.32. The van der Waals surface area contributed by atoms with Crippen LogP contribution >= 0.6 is 0 Å². The van der Waals surface area contributed by atoms with Gasteiger partial charge in [-0.3, -0.25) is 0 Å². The molecule has 2 nitrogen and oxygen atoms in total. The van der Waals surface area contributed by atoms with Crippen molar-refractivity contribution in [2.24, 2.45) is 11.8 Å². The molecule has 1 aromatic carbocycles. The van der Waals surface area contributed by atoms with Gasteiger partial charge in [-0.1, -0.05) is 51.0 Å². The molecule has 2 heteroatoms. The summed E-state index contributed by atoms with van der Waals surface area (Å²) in [6, 6.07) is 8.89. The lowest BCUT2D eigenvalue weighted by Gasteiger charge is -2.32. The summed E-state index contributed by atoms with van der Waals surface area (Å²) >= 11 is 0. The minimum absolute atomic E-state index is 0.132. The van der Waals surface area contributed by atoms with Crippen LogP contribution in [0.1, 0.15) is 50.7 Å². The SMILES string of the molecule is CC(C)C1CCCC(NCc2cccc(CO)c2)C1. The molecule has 2 rings (SSSR count). The van der Waals surface area contributed by atoms with Gasteiger partial charge in [0.1, 0.15) is 0 Å². The van der Waals surface area contributed by atoms with Crippen LogP contribution in [0.5, 0.6) is 0 Å². The molecule has 106 valence electrons. The third-order valence-corrected chi connectivity index (χ3v) is 4.43. The topological polar surface area (TPSA) is 32.3 Å². The zero-order valence-corrected chi connectivity index (χ0v) is 12.2. The second-order valence-corrected chi connectivity index (χ2v) is 6.23. The highest BCUT2D eigenvalue weighted by atomic mass is 16.3. The van der Waals surface area contributed by atoms with Gasteiger partial charge in [0.15, 0.2) is 0 Å². The minimum atomic E-state index is 0.132. The van der Waals surface area contributed by atoms with Crippen LogP contribution in [-0.4, -0.2) is 11.1 Å². The maximum absolute atomic E-state index is 9.15. The van der Waals surface area contributed by atoms with Gasteiger partial charge in [-0.15, -0.1) is 0 Å². The third-order valence-electron chi connectivity index (χ3n) is 4.43. The smallest absolute Gasteiger partial charge is 0.0681 e. The molecular weight excluding hydrogens is 234 g/mol. The summed E-state index contributed by atoms with van der Waals surface area (Å²) in [5.74, 6) is 1.69. The summed E-state index contributed by atoms with van der Waals surface area (Å²) in [6.07, 6.45) is 5.38. The number of hydrogen-bond acceptors (Lipinski definition) is 2. The van der Waals surface area contributed by atoms with Crippen LogP contribution in [0.2, 0.25) is 0 Å². The molecule has 0 heterocycles. The Bertz CT molecular complexity index is 389. The number of rotatable bonds is 5. The summed E-state index contributed by atoms with van der Waals surface area (Å²) in [6.45, 7) is 5.74. The van der Waals surface area contributed by atoms with Gasteiger partial charge in [0, 0.05) is 12.6 Å². The highest BCUT2D eigenvalue weighted by Crippen LogP contribution is 2.30. The first-order valence-electron chi connectivity index (χ1n) is 7.61. The highest BCUT2D eigenvalue weighted by molar-refractivity contribution is 5.22. The molecule has 0 amide bonds. The molecule has 1 fully saturated rings. The van der Waals surface area contributed by atoms with Gasteiger partial charge in [0.05, 0.1) is 6.61 Å². The van der Waals surface area contributed by atoms with E-state index in [2.05, 4.69) is 31.3 Å². The van der Waals surface area contributed by atoms with Crippen molar-refractivity contribution >= 4 is 0 Å². The maximum atomic E-state index is 9.15.